The maximum absolute atomic E-state index is 10.2. The van der Waals surface area contributed by atoms with Crippen molar-refractivity contribution in [1.82, 2.24) is 15.1 Å². The van der Waals surface area contributed by atoms with Gasteiger partial charge >= 0.3 is 0 Å². The normalized spacial score (nSPS) is 27.7. The number of thioether (sulfide) groups is 1. The maximum Gasteiger partial charge on any atom is 0.148 e. The number of piperidine rings is 1. The Morgan fingerprint density at radius 3 is 2.55 bits per heavy atom. The van der Waals surface area contributed by atoms with Gasteiger partial charge in [-0.15, -0.1) is 22.0 Å². The molecule has 5 nitrogen and oxygen atoms in total. The molecule has 6 heteroatoms. The van der Waals surface area contributed by atoms with Crippen LogP contribution in [0.15, 0.2) is 17.2 Å². The second kappa shape index (κ2) is 7.62. The van der Waals surface area contributed by atoms with Crippen molar-refractivity contribution in [2.45, 2.75) is 61.7 Å². The molecule has 2 N–H and O–H groups in total. The van der Waals surface area contributed by atoms with E-state index in [9.17, 15) is 5.11 Å². The highest BCUT2D eigenvalue weighted by Crippen LogP contribution is 2.26. The molecule has 0 radical (unpaired) electrons. The summed E-state index contributed by atoms with van der Waals surface area (Å²) in [5.41, 5.74) is 0. The number of aliphatic hydroxyl groups excluding tert-OH is 1. The molecule has 1 aliphatic carbocycles. The van der Waals surface area contributed by atoms with E-state index in [2.05, 4.69) is 20.4 Å². The molecular weight excluding hydrogens is 296 g/mol. The first-order chi connectivity index (χ1) is 10.8. The van der Waals surface area contributed by atoms with Crippen LogP contribution in [0.3, 0.4) is 0 Å². The molecule has 1 aliphatic heterocycles. The third-order valence-corrected chi connectivity index (χ3v) is 5.53. The van der Waals surface area contributed by atoms with E-state index in [-0.39, 0.29) is 6.10 Å². The minimum absolute atomic E-state index is 0.122. The van der Waals surface area contributed by atoms with E-state index in [1.807, 2.05) is 18.4 Å². The van der Waals surface area contributed by atoms with Crippen LogP contribution in [-0.4, -0.2) is 57.7 Å². The summed E-state index contributed by atoms with van der Waals surface area (Å²) >= 11 is 1.61. The van der Waals surface area contributed by atoms with Crippen LogP contribution in [-0.2, 0) is 0 Å². The van der Waals surface area contributed by atoms with Crippen molar-refractivity contribution in [2.75, 3.05) is 24.7 Å². The molecule has 0 spiro atoms. The molecule has 0 amide bonds. The number of aromatic nitrogens is 2. The first-order valence-electron chi connectivity index (χ1n) is 8.32. The largest absolute Gasteiger partial charge is 0.391 e. The van der Waals surface area contributed by atoms with Crippen LogP contribution in [0.4, 0.5) is 5.82 Å². The van der Waals surface area contributed by atoms with Gasteiger partial charge in [0, 0.05) is 25.2 Å². The SMILES string of the molecule is CSc1ccc(NC2CCN(C3CCCCC3O)CC2)nn1. The Morgan fingerprint density at radius 2 is 1.91 bits per heavy atom. The second-order valence-electron chi connectivity index (χ2n) is 6.33. The summed E-state index contributed by atoms with van der Waals surface area (Å²) in [7, 11) is 0. The fraction of sp³-hybridized carbons (Fsp3) is 0.750. The summed E-state index contributed by atoms with van der Waals surface area (Å²) in [5, 5.41) is 23.0. The van der Waals surface area contributed by atoms with Crippen LogP contribution in [0, 0.1) is 0 Å². The maximum atomic E-state index is 10.2. The summed E-state index contributed by atoms with van der Waals surface area (Å²) in [6, 6.07) is 4.87. The average Bonchev–Trinajstić information content (AvgIpc) is 2.57. The van der Waals surface area contributed by atoms with Crippen LogP contribution in [0.25, 0.3) is 0 Å². The van der Waals surface area contributed by atoms with Crippen LogP contribution in [0.2, 0.25) is 0 Å². The lowest BCUT2D eigenvalue weighted by atomic mass is 9.89. The highest BCUT2D eigenvalue weighted by Gasteiger charge is 2.31. The molecule has 2 aliphatic rings. The van der Waals surface area contributed by atoms with Gasteiger partial charge in [0.15, 0.2) is 0 Å². The van der Waals surface area contributed by atoms with Gasteiger partial charge < -0.3 is 10.4 Å². The van der Waals surface area contributed by atoms with E-state index < -0.39 is 0 Å². The molecule has 1 aromatic rings. The topological polar surface area (TPSA) is 61.3 Å². The van der Waals surface area contributed by atoms with Crippen molar-refractivity contribution >= 4 is 17.6 Å². The average molecular weight is 322 g/mol. The first kappa shape index (κ1) is 16.0. The van der Waals surface area contributed by atoms with Crippen LogP contribution in [0.5, 0.6) is 0 Å². The number of likely N-dealkylation sites (tertiary alicyclic amines) is 1. The zero-order valence-electron chi connectivity index (χ0n) is 13.2. The Morgan fingerprint density at radius 1 is 1.14 bits per heavy atom. The third-order valence-electron chi connectivity index (χ3n) is 4.89. The Bertz CT molecular complexity index is 462. The standard InChI is InChI=1S/C16H26N4OS/c1-22-16-7-6-15(18-19-16)17-12-8-10-20(11-9-12)13-4-2-3-5-14(13)21/h6-7,12-14,21H,2-5,8-11H2,1H3,(H,17,18). The number of nitrogens with one attached hydrogen (secondary N) is 1. The Kier molecular flexibility index (Phi) is 5.55. The fourth-order valence-electron chi connectivity index (χ4n) is 3.61. The molecule has 0 bridgehead atoms. The monoisotopic (exact) mass is 322 g/mol. The van der Waals surface area contributed by atoms with Crippen molar-refractivity contribution in [1.29, 1.82) is 0 Å². The molecule has 2 atom stereocenters. The Hall–Kier alpha value is -0.850. The highest BCUT2D eigenvalue weighted by molar-refractivity contribution is 7.98. The van der Waals surface area contributed by atoms with Crippen molar-refractivity contribution in [2.24, 2.45) is 0 Å². The van der Waals surface area contributed by atoms with Crippen LogP contribution in [0.1, 0.15) is 38.5 Å². The molecule has 2 unspecified atom stereocenters. The van der Waals surface area contributed by atoms with E-state index in [1.165, 1.54) is 12.8 Å². The summed E-state index contributed by atoms with van der Waals surface area (Å²) in [6.45, 7) is 2.13. The van der Waals surface area contributed by atoms with Gasteiger partial charge in [0.05, 0.1) is 6.10 Å². The summed E-state index contributed by atoms with van der Waals surface area (Å²) < 4.78 is 0. The number of anilines is 1. The lowest BCUT2D eigenvalue weighted by molar-refractivity contribution is 0.00992. The number of hydrogen-bond acceptors (Lipinski definition) is 6. The van der Waals surface area contributed by atoms with Crippen molar-refractivity contribution in [3.8, 4) is 0 Å². The van der Waals surface area contributed by atoms with E-state index in [4.69, 9.17) is 0 Å². The molecule has 3 rings (SSSR count). The molecule has 2 heterocycles. The van der Waals surface area contributed by atoms with E-state index in [1.54, 1.807) is 11.8 Å². The Balaban J connectivity index is 1.48. The van der Waals surface area contributed by atoms with Gasteiger partial charge in [-0.3, -0.25) is 4.90 Å². The van der Waals surface area contributed by atoms with Crippen LogP contribution < -0.4 is 5.32 Å². The van der Waals surface area contributed by atoms with Gasteiger partial charge in [-0.2, -0.15) is 0 Å². The van der Waals surface area contributed by atoms with Gasteiger partial charge in [0.2, 0.25) is 0 Å². The predicted molar refractivity (Wildman–Crippen MR) is 90.3 cm³/mol. The zero-order chi connectivity index (χ0) is 15.4. The number of rotatable bonds is 4. The predicted octanol–water partition coefficient (Wildman–Crippen LogP) is 2.38. The van der Waals surface area contributed by atoms with E-state index in [0.717, 1.165) is 49.6 Å². The molecule has 122 valence electrons. The number of hydrogen-bond donors (Lipinski definition) is 2. The lowest BCUT2D eigenvalue weighted by Gasteiger charge is -2.41. The summed E-state index contributed by atoms with van der Waals surface area (Å²) in [4.78, 5) is 2.49. The van der Waals surface area contributed by atoms with Crippen LogP contribution >= 0.6 is 11.8 Å². The molecule has 22 heavy (non-hydrogen) atoms. The van der Waals surface area contributed by atoms with E-state index in [0.29, 0.717) is 12.1 Å². The smallest absolute Gasteiger partial charge is 0.148 e. The Labute approximate surface area is 136 Å². The molecule has 1 aromatic heterocycles. The summed E-state index contributed by atoms with van der Waals surface area (Å²) in [5.74, 6) is 0.869. The lowest BCUT2D eigenvalue weighted by Crippen LogP contribution is -2.50. The third kappa shape index (κ3) is 3.91. The number of nitrogens with zero attached hydrogens (tertiary/aromatic N) is 3. The van der Waals surface area contributed by atoms with Crippen molar-refractivity contribution in [3.05, 3.63) is 12.1 Å². The minimum atomic E-state index is -0.122. The fourth-order valence-corrected chi connectivity index (χ4v) is 3.93. The second-order valence-corrected chi connectivity index (χ2v) is 7.16. The van der Waals surface area contributed by atoms with E-state index >= 15 is 0 Å². The van der Waals surface area contributed by atoms with Gasteiger partial charge in [0.1, 0.15) is 10.8 Å². The summed E-state index contributed by atoms with van der Waals surface area (Å²) in [6.07, 6.45) is 8.67. The molecule has 1 saturated heterocycles. The molecule has 1 saturated carbocycles. The van der Waals surface area contributed by atoms with Gasteiger partial charge in [-0.05, 0) is 44.1 Å². The quantitative estimate of drug-likeness (QED) is 0.830. The minimum Gasteiger partial charge on any atom is -0.391 e. The molecule has 2 fully saturated rings. The zero-order valence-corrected chi connectivity index (χ0v) is 14.1. The molecule has 0 aromatic carbocycles. The van der Waals surface area contributed by atoms with Crippen molar-refractivity contribution < 1.29 is 5.11 Å². The van der Waals surface area contributed by atoms with Gasteiger partial charge in [0.25, 0.3) is 0 Å². The first-order valence-corrected chi connectivity index (χ1v) is 9.55. The highest BCUT2D eigenvalue weighted by atomic mass is 32.2. The van der Waals surface area contributed by atoms with Crippen molar-refractivity contribution in [3.63, 3.8) is 0 Å². The van der Waals surface area contributed by atoms with Gasteiger partial charge in [-0.1, -0.05) is 12.8 Å². The number of aliphatic hydroxyl groups is 1. The molecular formula is C16H26N4OS. The van der Waals surface area contributed by atoms with Gasteiger partial charge in [-0.25, -0.2) is 0 Å².